The highest BCUT2D eigenvalue weighted by Crippen LogP contribution is 2.20. The summed E-state index contributed by atoms with van der Waals surface area (Å²) in [6.45, 7) is 2.23. The van der Waals surface area contributed by atoms with Crippen molar-refractivity contribution in [3.63, 3.8) is 0 Å². The first-order valence-electron chi connectivity index (χ1n) is 6.08. The van der Waals surface area contributed by atoms with Crippen LogP contribution in [0.3, 0.4) is 0 Å². The molecule has 1 saturated heterocycles. The summed E-state index contributed by atoms with van der Waals surface area (Å²) < 4.78 is 7.51. The molecule has 1 aliphatic heterocycles. The molecule has 0 radical (unpaired) electrons. The van der Waals surface area contributed by atoms with Crippen LogP contribution >= 0.6 is 0 Å². The monoisotopic (exact) mass is 231 g/mol. The molecule has 2 aromatic heterocycles. The Morgan fingerprint density at radius 2 is 2.47 bits per heavy atom. The van der Waals surface area contributed by atoms with Gasteiger partial charge in [0.15, 0.2) is 5.88 Å². The maximum absolute atomic E-state index is 5.40. The fourth-order valence-electron chi connectivity index (χ4n) is 2.53. The largest absolute Gasteiger partial charge is 0.482 e. The molecule has 17 heavy (non-hydrogen) atoms. The third-order valence-electron chi connectivity index (χ3n) is 3.43. The predicted octanol–water partition coefficient (Wildman–Crippen LogP) is 1.49. The number of methoxy groups -OCH3 is 1. The molecule has 1 unspecified atom stereocenters. The van der Waals surface area contributed by atoms with Crippen LogP contribution < -0.4 is 10.1 Å². The Hall–Kier alpha value is -1.55. The second kappa shape index (κ2) is 4.37. The van der Waals surface area contributed by atoms with Gasteiger partial charge in [-0.05, 0) is 37.6 Å². The van der Waals surface area contributed by atoms with E-state index in [2.05, 4.69) is 20.8 Å². The highest BCUT2D eigenvalue weighted by molar-refractivity contribution is 5.49. The number of aromatic nitrogens is 2. The number of fused-ring (bicyclic) bond motifs is 1. The maximum atomic E-state index is 5.40. The van der Waals surface area contributed by atoms with Gasteiger partial charge in [-0.1, -0.05) is 6.07 Å². The van der Waals surface area contributed by atoms with Gasteiger partial charge in [0, 0.05) is 6.42 Å². The molecule has 90 valence electrons. The Bertz CT molecular complexity index is 514. The van der Waals surface area contributed by atoms with E-state index in [0.29, 0.717) is 5.92 Å². The lowest BCUT2D eigenvalue weighted by atomic mass is 10.0. The third kappa shape index (κ3) is 1.89. The molecule has 4 nitrogen and oxygen atoms in total. The number of imidazole rings is 1. The summed E-state index contributed by atoms with van der Waals surface area (Å²) in [7, 11) is 1.70. The molecular formula is C13H17N3O. The van der Waals surface area contributed by atoms with Crippen LogP contribution in [0.2, 0.25) is 0 Å². The van der Waals surface area contributed by atoms with E-state index in [1.165, 1.54) is 6.42 Å². The average molecular weight is 231 g/mol. The SMILES string of the molecule is COc1cccc2cnc(CC3CCNC3)n12. The summed E-state index contributed by atoms with van der Waals surface area (Å²) in [4.78, 5) is 4.52. The first-order chi connectivity index (χ1) is 8.38. The first-order valence-corrected chi connectivity index (χ1v) is 6.08. The van der Waals surface area contributed by atoms with E-state index in [9.17, 15) is 0 Å². The maximum Gasteiger partial charge on any atom is 0.199 e. The highest BCUT2D eigenvalue weighted by Gasteiger charge is 2.18. The van der Waals surface area contributed by atoms with Crippen LogP contribution in [0.25, 0.3) is 5.52 Å². The normalized spacial score (nSPS) is 19.9. The van der Waals surface area contributed by atoms with Crippen molar-refractivity contribution in [2.75, 3.05) is 20.2 Å². The smallest absolute Gasteiger partial charge is 0.199 e. The first kappa shape index (κ1) is 10.6. The lowest BCUT2D eigenvalue weighted by molar-refractivity contribution is 0.388. The Balaban J connectivity index is 1.98. The van der Waals surface area contributed by atoms with Crippen LogP contribution in [0.15, 0.2) is 24.4 Å². The molecule has 0 spiro atoms. The molecule has 0 amide bonds. The Labute approximate surface area is 101 Å². The lowest BCUT2D eigenvalue weighted by Gasteiger charge is -2.10. The van der Waals surface area contributed by atoms with Crippen molar-refractivity contribution in [2.45, 2.75) is 12.8 Å². The topological polar surface area (TPSA) is 38.6 Å². The standard InChI is InChI=1S/C13H17N3O/c1-17-13-4-2-3-11-9-15-12(16(11)13)7-10-5-6-14-8-10/h2-4,9-10,14H,5-8H2,1H3. The number of hydrogen-bond donors (Lipinski definition) is 1. The van der Waals surface area contributed by atoms with E-state index in [-0.39, 0.29) is 0 Å². The van der Waals surface area contributed by atoms with Crippen LogP contribution in [0.1, 0.15) is 12.2 Å². The number of hydrogen-bond acceptors (Lipinski definition) is 3. The lowest BCUT2D eigenvalue weighted by Crippen LogP contribution is -2.12. The highest BCUT2D eigenvalue weighted by atomic mass is 16.5. The quantitative estimate of drug-likeness (QED) is 0.870. The van der Waals surface area contributed by atoms with Crippen LogP contribution in [0.5, 0.6) is 5.88 Å². The van der Waals surface area contributed by atoms with Crippen molar-refractivity contribution in [1.82, 2.24) is 14.7 Å². The van der Waals surface area contributed by atoms with E-state index >= 15 is 0 Å². The zero-order valence-corrected chi connectivity index (χ0v) is 10.0. The predicted molar refractivity (Wildman–Crippen MR) is 66.4 cm³/mol. The molecular weight excluding hydrogens is 214 g/mol. The van der Waals surface area contributed by atoms with Gasteiger partial charge in [-0.3, -0.25) is 4.40 Å². The minimum atomic E-state index is 0.700. The second-order valence-corrected chi connectivity index (χ2v) is 4.57. The van der Waals surface area contributed by atoms with Gasteiger partial charge in [0.05, 0.1) is 18.8 Å². The van der Waals surface area contributed by atoms with E-state index < -0.39 is 0 Å². The van der Waals surface area contributed by atoms with Gasteiger partial charge >= 0.3 is 0 Å². The number of nitrogens with one attached hydrogen (secondary N) is 1. The molecule has 1 fully saturated rings. The van der Waals surface area contributed by atoms with Gasteiger partial charge in [-0.15, -0.1) is 0 Å². The zero-order chi connectivity index (χ0) is 11.7. The molecule has 2 aromatic rings. The van der Waals surface area contributed by atoms with Crippen LogP contribution in [0, 0.1) is 5.92 Å². The summed E-state index contributed by atoms with van der Waals surface area (Å²) in [5.41, 5.74) is 1.10. The number of rotatable bonds is 3. The summed E-state index contributed by atoms with van der Waals surface area (Å²) in [6, 6.07) is 6.04. The summed E-state index contributed by atoms with van der Waals surface area (Å²) >= 11 is 0. The van der Waals surface area contributed by atoms with E-state index in [1.54, 1.807) is 7.11 Å². The van der Waals surface area contributed by atoms with Crippen LogP contribution in [0.4, 0.5) is 0 Å². The number of pyridine rings is 1. The molecule has 0 aliphatic carbocycles. The zero-order valence-electron chi connectivity index (χ0n) is 10.0. The fourth-order valence-corrected chi connectivity index (χ4v) is 2.53. The van der Waals surface area contributed by atoms with Crippen LogP contribution in [-0.2, 0) is 6.42 Å². The van der Waals surface area contributed by atoms with Crippen LogP contribution in [-0.4, -0.2) is 29.6 Å². The van der Waals surface area contributed by atoms with Gasteiger partial charge in [0.25, 0.3) is 0 Å². The Kier molecular flexibility index (Phi) is 2.73. The minimum absolute atomic E-state index is 0.700. The molecule has 1 aliphatic rings. The van der Waals surface area contributed by atoms with Crippen molar-refractivity contribution in [1.29, 1.82) is 0 Å². The van der Waals surface area contributed by atoms with Crippen molar-refractivity contribution >= 4 is 5.52 Å². The van der Waals surface area contributed by atoms with E-state index in [0.717, 1.165) is 36.7 Å². The molecule has 0 aromatic carbocycles. The number of ether oxygens (including phenoxy) is 1. The average Bonchev–Trinajstić information content (AvgIpc) is 2.99. The fraction of sp³-hybridized carbons (Fsp3) is 0.462. The molecule has 0 bridgehead atoms. The molecule has 0 saturated carbocycles. The molecule has 1 atom stereocenters. The molecule has 1 N–H and O–H groups in total. The Morgan fingerprint density at radius 1 is 1.53 bits per heavy atom. The van der Waals surface area contributed by atoms with Gasteiger partial charge in [-0.25, -0.2) is 4.98 Å². The van der Waals surface area contributed by atoms with Crippen molar-refractivity contribution in [2.24, 2.45) is 5.92 Å². The van der Waals surface area contributed by atoms with Gasteiger partial charge < -0.3 is 10.1 Å². The Morgan fingerprint density at radius 3 is 3.24 bits per heavy atom. The van der Waals surface area contributed by atoms with Gasteiger partial charge in [0.1, 0.15) is 5.82 Å². The molecule has 4 heteroatoms. The van der Waals surface area contributed by atoms with Crippen molar-refractivity contribution in [3.05, 3.63) is 30.2 Å². The van der Waals surface area contributed by atoms with E-state index in [4.69, 9.17) is 4.74 Å². The molecule has 3 rings (SSSR count). The third-order valence-corrected chi connectivity index (χ3v) is 3.43. The van der Waals surface area contributed by atoms with E-state index in [1.807, 2.05) is 18.3 Å². The molecule has 3 heterocycles. The minimum Gasteiger partial charge on any atom is -0.482 e. The second-order valence-electron chi connectivity index (χ2n) is 4.57. The summed E-state index contributed by atoms with van der Waals surface area (Å²) in [5.74, 6) is 2.66. The van der Waals surface area contributed by atoms with Crippen molar-refractivity contribution in [3.8, 4) is 5.88 Å². The van der Waals surface area contributed by atoms with Gasteiger partial charge in [0.2, 0.25) is 0 Å². The van der Waals surface area contributed by atoms with Crippen molar-refractivity contribution < 1.29 is 4.74 Å². The summed E-state index contributed by atoms with van der Waals surface area (Å²) in [5, 5.41) is 3.39. The van der Waals surface area contributed by atoms with Gasteiger partial charge in [-0.2, -0.15) is 0 Å². The number of nitrogens with zero attached hydrogens (tertiary/aromatic N) is 2. The summed E-state index contributed by atoms with van der Waals surface area (Å²) in [6.07, 6.45) is 4.17.